The van der Waals surface area contributed by atoms with Crippen molar-refractivity contribution in [2.75, 3.05) is 33.0 Å². The molecule has 2 heterocycles. The highest BCUT2D eigenvalue weighted by Crippen LogP contribution is 2.33. The Hall–Kier alpha value is -4.42. The van der Waals surface area contributed by atoms with Crippen LogP contribution in [-0.4, -0.2) is 76.8 Å². The van der Waals surface area contributed by atoms with Crippen LogP contribution in [0.4, 0.5) is 8.78 Å². The molecule has 2 aromatic carbocycles. The van der Waals surface area contributed by atoms with Crippen LogP contribution < -0.4 is 25.5 Å². The first-order valence-electron chi connectivity index (χ1n) is 14.7. The monoisotopic (exact) mass is 615 g/mol. The molecular formula is C31H35F2N3O8. The molecule has 0 radical (unpaired) electrons. The molecule has 5 rings (SSSR count). The first-order valence-corrected chi connectivity index (χ1v) is 14.7. The Morgan fingerprint density at radius 2 is 1.73 bits per heavy atom. The summed E-state index contributed by atoms with van der Waals surface area (Å²) in [6.07, 6.45) is 4.21. The number of aromatic nitrogens is 2. The topological polar surface area (TPSA) is 129 Å². The van der Waals surface area contributed by atoms with Crippen LogP contribution in [0.25, 0.3) is 10.9 Å². The number of hydrogen-bond acceptors (Lipinski definition) is 7. The lowest BCUT2D eigenvalue weighted by atomic mass is 10.0. The molecule has 2 fully saturated rings. The number of rotatable bonds is 13. The summed E-state index contributed by atoms with van der Waals surface area (Å²) in [6, 6.07) is 8.95. The van der Waals surface area contributed by atoms with E-state index in [2.05, 4.69) is 0 Å². The molecule has 1 aromatic heterocycles. The van der Waals surface area contributed by atoms with Gasteiger partial charge in [-0.1, -0.05) is 6.07 Å². The lowest BCUT2D eigenvalue weighted by Crippen LogP contribution is -2.44. The second kappa shape index (κ2) is 13.9. The number of ether oxygens (including phenoxy) is 3. The molecule has 0 unspecified atom stereocenters. The van der Waals surface area contributed by atoms with E-state index in [4.69, 9.17) is 14.2 Å². The molecular weight excluding hydrogens is 580 g/mol. The Morgan fingerprint density at radius 3 is 2.39 bits per heavy atom. The summed E-state index contributed by atoms with van der Waals surface area (Å²) in [6.45, 7) is -2.01. The van der Waals surface area contributed by atoms with Gasteiger partial charge in [0.2, 0.25) is 6.41 Å². The summed E-state index contributed by atoms with van der Waals surface area (Å²) in [5, 5.41) is 9.32. The summed E-state index contributed by atoms with van der Waals surface area (Å²) >= 11 is 0. The second-order valence-corrected chi connectivity index (χ2v) is 11.1. The SMILES string of the molecule is O=CN1CCC(n2c(=O)n(Cc3ccc(OC4CCCC4)c(OCC(=O)O)c3)c(=O)c3cc(OC(CF)CF)ccc32)CC1. The molecule has 1 aliphatic carbocycles. The van der Waals surface area contributed by atoms with Gasteiger partial charge in [-0.2, -0.15) is 0 Å². The van der Waals surface area contributed by atoms with Crippen LogP contribution in [-0.2, 0) is 16.1 Å². The Morgan fingerprint density at radius 1 is 1.00 bits per heavy atom. The maximum absolute atomic E-state index is 14.0. The maximum atomic E-state index is 14.0. The number of piperidine rings is 1. The molecule has 11 nitrogen and oxygen atoms in total. The summed E-state index contributed by atoms with van der Waals surface area (Å²) in [7, 11) is 0. The largest absolute Gasteiger partial charge is 0.487 e. The van der Waals surface area contributed by atoms with E-state index in [1.54, 1.807) is 23.1 Å². The lowest BCUT2D eigenvalue weighted by molar-refractivity contribution is -0.139. The minimum absolute atomic E-state index is 0.0141. The average Bonchev–Trinajstić information content (AvgIpc) is 3.55. The molecule has 2 aliphatic rings. The van der Waals surface area contributed by atoms with Gasteiger partial charge in [0.15, 0.2) is 24.2 Å². The van der Waals surface area contributed by atoms with Gasteiger partial charge in [-0.25, -0.2) is 18.4 Å². The lowest BCUT2D eigenvalue weighted by Gasteiger charge is -2.31. The normalized spacial score (nSPS) is 16.0. The van der Waals surface area contributed by atoms with Gasteiger partial charge in [0.1, 0.15) is 19.1 Å². The van der Waals surface area contributed by atoms with Gasteiger partial charge in [0.25, 0.3) is 5.56 Å². The standard InChI is InChI=1S/C31H35F2N3O8/c32-15-24(16-33)43-23-6-7-26-25(14-23)30(40)35(31(41)36(26)21-9-11-34(19-37)12-10-21)17-20-5-8-27(44-22-3-1-2-4-22)28(13-20)42-18-29(38)39/h5-8,13-14,19,21-22,24H,1-4,9-12,15-18H2,(H,38,39). The van der Waals surface area contributed by atoms with E-state index in [0.717, 1.165) is 36.7 Å². The summed E-state index contributed by atoms with van der Waals surface area (Å²) in [5.41, 5.74) is -0.359. The molecule has 1 amide bonds. The summed E-state index contributed by atoms with van der Waals surface area (Å²) in [5.74, 6) is -0.520. The molecule has 236 valence electrons. The first kappa shape index (κ1) is 31.0. The molecule has 1 saturated heterocycles. The number of nitrogens with zero attached hydrogens (tertiary/aromatic N) is 3. The third-order valence-corrected chi connectivity index (χ3v) is 8.10. The number of carboxylic acid groups (broad SMARTS) is 1. The molecule has 3 aromatic rings. The van der Waals surface area contributed by atoms with Crippen LogP contribution in [0, 0.1) is 0 Å². The van der Waals surface area contributed by atoms with Crippen molar-refractivity contribution < 1.29 is 37.7 Å². The highest BCUT2D eigenvalue weighted by Gasteiger charge is 2.26. The van der Waals surface area contributed by atoms with Crippen molar-refractivity contribution in [2.45, 2.75) is 63.3 Å². The van der Waals surface area contributed by atoms with Gasteiger partial charge >= 0.3 is 11.7 Å². The highest BCUT2D eigenvalue weighted by molar-refractivity contribution is 5.80. The van der Waals surface area contributed by atoms with E-state index in [1.165, 1.54) is 22.8 Å². The molecule has 1 N–H and O–H groups in total. The Bertz CT molecular complexity index is 1610. The number of carbonyl (C=O) groups is 2. The zero-order valence-electron chi connectivity index (χ0n) is 24.2. The third-order valence-electron chi connectivity index (χ3n) is 8.10. The first-order chi connectivity index (χ1) is 21.3. The van der Waals surface area contributed by atoms with Crippen LogP contribution in [0.3, 0.4) is 0 Å². The van der Waals surface area contributed by atoms with Crippen molar-refractivity contribution in [3.05, 3.63) is 62.8 Å². The van der Waals surface area contributed by atoms with Gasteiger partial charge in [-0.15, -0.1) is 0 Å². The van der Waals surface area contributed by atoms with Crippen LogP contribution in [0.5, 0.6) is 17.2 Å². The molecule has 1 aliphatic heterocycles. The predicted octanol–water partition coefficient (Wildman–Crippen LogP) is 3.48. The van der Waals surface area contributed by atoms with Gasteiger partial charge in [-0.3, -0.25) is 18.7 Å². The van der Waals surface area contributed by atoms with Crippen molar-refractivity contribution in [1.82, 2.24) is 14.0 Å². The molecule has 0 atom stereocenters. The van der Waals surface area contributed by atoms with Crippen LogP contribution in [0.1, 0.15) is 50.1 Å². The number of benzene rings is 2. The number of fused-ring (bicyclic) bond motifs is 1. The molecule has 0 bridgehead atoms. The summed E-state index contributed by atoms with van der Waals surface area (Å²) < 4.78 is 46.0. The number of aliphatic carboxylic acids is 1. The van der Waals surface area contributed by atoms with Gasteiger partial charge in [0, 0.05) is 19.1 Å². The molecule has 44 heavy (non-hydrogen) atoms. The Kier molecular flexibility index (Phi) is 9.81. The number of hydrogen-bond donors (Lipinski definition) is 1. The molecule has 0 spiro atoms. The molecule has 13 heteroatoms. The van der Waals surface area contributed by atoms with Crippen molar-refractivity contribution in [1.29, 1.82) is 0 Å². The highest BCUT2D eigenvalue weighted by atomic mass is 19.1. The van der Waals surface area contributed by atoms with E-state index in [1.807, 2.05) is 0 Å². The van der Waals surface area contributed by atoms with Crippen molar-refractivity contribution in [3.63, 3.8) is 0 Å². The number of likely N-dealkylation sites (tertiary alicyclic amines) is 1. The van der Waals surface area contributed by atoms with E-state index in [9.17, 15) is 33.1 Å². The third kappa shape index (κ3) is 6.87. The van der Waals surface area contributed by atoms with Crippen LogP contribution in [0.15, 0.2) is 46.0 Å². The molecule has 1 saturated carbocycles. The van der Waals surface area contributed by atoms with Crippen molar-refractivity contribution >= 4 is 23.3 Å². The maximum Gasteiger partial charge on any atom is 0.341 e. The zero-order valence-corrected chi connectivity index (χ0v) is 24.2. The Labute approximate surface area is 251 Å². The van der Waals surface area contributed by atoms with E-state index in [0.29, 0.717) is 42.8 Å². The minimum Gasteiger partial charge on any atom is -0.487 e. The minimum atomic E-state index is -1.33. The van der Waals surface area contributed by atoms with Gasteiger partial charge in [0.05, 0.1) is 23.6 Å². The predicted molar refractivity (Wildman–Crippen MR) is 156 cm³/mol. The average molecular weight is 616 g/mol. The smallest absolute Gasteiger partial charge is 0.341 e. The number of carboxylic acids is 1. The zero-order chi connectivity index (χ0) is 31.2. The fourth-order valence-corrected chi connectivity index (χ4v) is 5.84. The quantitative estimate of drug-likeness (QED) is 0.290. The fourth-order valence-electron chi connectivity index (χ4n) is 5.84. The van der Waals surface area contributed by atoms with Crippen LogP contribution >= 0.6 is 0 Å². The van der Waals surface area contributed by atoms with E-state index < -0.39 is 43.3 Å². The number of carbonyl (C=O) groups excluding carboxylic acids is 1. The Balaban J connectivity index is 1.57. The van der Waals surface area contributed by atoms with Gasteiger partial charge in [-0.05, 0) is 74.4 Å². The number of halogens is 2. The van der Waals surface area contributed by atoms with Gasteiger partial charge < -0.3 is 24.2 Å². The fraction of sp³-hybridized carbons (Fsp3) is 0.484. The number of amides is 1. The van der Waals surface area contributed by atoms with Crippen molar-refractivity contribution in [2.24, 2.45) is 0 Å². The van der Waals surface area contributed by atoms with Crippen LogP contribution in [0.2, 0.25) is 0 Å². The van der Waals surface area contributed by atoms with E-state index >= 15 is 0 Å². The van der Waals surface area contributed by atoms with Crippen molar-refractivity contribution in [3.8, 4) is 17.2 Å². The van der Waals surface area contributed by atoms with E-state index in [-0.39, 0.29) is 35.6 Å². The second-order valence-electron chi connectivity index (χ2n) is 11.1. The number of alkyl halides is 2. The summed E-state index contributed by atoms with van der Waals surface area (Å²) in [4.78, 5) is 52.0.